The fraction of sp³-hybridized carbons (Fsp3) is 0. The summed E-state index contributed by atoms with van der Waals surface area (Å²) < 4.78 is 9.05. The van der Waals surface area contributed by atoms with Crippen LogP contribution in [0.5, 0.6) is 0 Å². The van der Waals surface area contributed by atoms with Crippen LogP contribution in [-0.4, -0.2) is 9.55 Å². The van der Waals surface area contributed by atoms with E-state index in [1.165, 1.54) is 37.8 Å². The Morgan fingerprint density at radius 2 is 1.08 bits per heavy atom. The van der Waals surface area contributed by atoms with Gasteiger partial charge in [0.2, 0.25) is 0 Å². The molecule has 3 heteroatoms. The van der Waals surface area contributed by atoms with Gasteiger partial charge < -0.3 is 8.98 Å². The molecule has 0 amide bonds. The number of para-hydroxylation sites is 3. The Labute approximate surface area is 217 Å². The summed E-state index contributed by atoms with van der Waals surface area (Å²) in [5, 5.41) is 9.60. The van der Waals surface area contributed by atoms with Crippen LogP contribution in [0.2, 0.25) is 0 Å². The van der Waals surface area contributed by atoms with Crippen LogP contribution in [0.1, 0.15) is 0 Å². The zero-order valence-electron chi connectivity index (χ0n) is 20.3. The lowest BCUT2D eigenvalue weighted by Gasteiger charge is -2.14. The van der Waals surface area contributed by atoms with Crippen molar-refractivity contribution in [2.45, 2.75) is 0 Å². The molecular weight excluding hydrogens is 464 g/mol. The average Bonchev–Trinajstić information content (AvgIpc) is 3.52. The smallest absolute Gasteiger partial charge is 0.178 e. The van der Waals surface area contributed by atoms with E-state index in [-0.39, 0.29) is 0 Å². The molecule has 0 unspecified atom stereocenters. The summed E-state index contributed by atoms with van der Waals surface area (Å²) in [4.78, 5) is 5.10. The van der Waals surface area contributed by atoms with E-state index in [1.807, 2.05) is 18.2 Å². The Bertz CT molecular complexity index is 2410. The SMILES string of the molecule is c1ccc2c(-n3c4ccccc4c4c5ccccc5c5ccccc5c43)c3oc4ccccc4c3nc2c1. The molecule has 38 heavy (non-hydrogen) atoms. The van der Waals surface area contributed by atoms with Crippen molar-refractivity contribution in [2.75, 3.05) is 0 Å². The highest BCUT2D eigenvalue weighted by Crippen LogP contribution is 2.45. The standard InChI is InChI=1S/C35H20N2O/c1-3-13-23-21(11-1)22-12-2-4-14-24(22)33-31(23)26-16-6-9-19-29(26)37(33)34-25-15-5-8-18-28(25)36-32-27-17-7-10-20-30(27)38-35(32)34/h1-20H. The molecule has 3 nitrogen and oxygen atoms in total. The number of furan rings is 1. The van der Waals surface area contributed by atoms with E-state index in [2.05, 4.69) is 108 Å². The molecule has 3 heterocycles. The van der Waals surface area contributed by atoms with E-state index in [9.17, 15) is 0 Å². The average molecular weight is 485 g/mol. The van der Waals surface area contributed by atoms with Crippen molar-refractivity contribution in [3.05, 3.63) is 121 Å². The van der Waals surface area contributed by atoms with E-state index in [0.717, 1.165) is 44.2 Å². The first-order chi connectivity index (χ1) is 18.9. The van der Waals surface area contributed by atoms with E-state index < -0.39 is 0 Å². The summed E-state index contributed by atoms with van der Waals surface area (Å²) in [6.45, 7) is 0. The number of benzene rings is 6. The number of pyridine rings is 1. The van der Waals surface area contributed by atoms with Gasteiger partial charge in [-0.2, -0.15) is 0 Å². The second-order valence-electron chi connectivity index (χ2n) is 9.92. The molecular formula is C35H20N2O. The molecule has 0 saturated heterocycles. The maximum Gasteiger partial charge on any atom is 0.178 e. The molecule has 0 fully saturated rings. The predicted molar refractivity (Wildman–Crippen MR) is 158 cm³/mol. The van der Waals surface area contributed by atoms with Gasteiger partial charge in [0.25, 0.3) is 0 Å². The predicted octanol–water partition coefficient (Wildman–Crippen LogP) is 9.54. The molecule has 0 spiro atoms. The Hall–Kier alpha value is -5.15. The van der Waals surface area contributed by atoms with Crippen LogP contribution >= 0.6 is 0 Å². The van der Waals surface area contributed by atoms with Crippen LogP contribution in [0.25, 0.3) is 82.0 Å². The normalized spacial score (nSPS) is 12.2. The number of hydrogen-bond donors (Lipinski definition) is 0. The lowest BCUT2D eigenvalue weighted by molar-refractivity contribution is 0.666. The van der Waals surface area contributed by atoms with Gasteiger partial charge in [-0.1, -0.05) is 97.1 Å². The van der Waals surface area contributed by atoms with Gasteiger partial charge in [-0.3, -0.25) is 0 Å². The summed E-state index contributed by atoms with van der Waals surface area (Å²) in [5.74, 6) is 0. The second kappa shape index (κ2) is 7.21. The molecule has 0 atom stereocenters. The molecule has 0 bridgehead atoms. The summed E-state index contributed by atoms with van der Waals surface area (Å²) >= 11 is 0. The van der Waals surface area contributed by atoms with E-state index in [4.69, 9.17) is 9.40 Å². The molecule has 0 aliphatic heterocycles. The zero-order chi connectivity index (χ0) is 24.8. The van der Waals surface area contributed by atoms with Gasteiger partial charge in [0, 0.05) is 26.9 Å². The molecule has 6 aromatic carbocycles. The van der Waals surface area contributed by atoms with E-state index in [1.54, 1.807) is 0 Å². The van der Waals surface area contributed by atoms with Crippen molar-refractivity contribution < 1.29 is 4.42 Å². The minimum absolute atomic E-state index is 0.810. The lowest BCUT2D eigenvalue weighted by atomic mass is 9.97. The number of rotatable bonds is 1. The van der Waals surface area contributed by atoms with Crippen LogP contribution < -0.4 is 0 Å². The second-order valence-corrected chi connectivity index (χ2v) is 9.92. The van der Waals surface area contributed by atoms with Gasteiger partial charge in [-0.15, -0.1) is 0 Å². The minimum Gasteiger partial charge on any atom is -0.452 e. The van der Waals surface area contributed by atoms with Crippen LogP contribution in [-0.2, 0) is 0 Å². The van der Waals surface area contributed by atoms with Crippen molar-refractivity contribution in [1.29, 1.82) is 0 Å². The van der Waals surface area contributed by atoms with Gasteiger partial charge in [0.05, 0.1) is 16.6 Å². The Morgan fingerprint density at radius 1 is 0.500 bits per heavy atom. The fourth-order valence-corrected chi connectivity index (χ4v) is 6.40. The Morgan fingerprint density at radius 3 is 1.89 bits per heavy atom. The third-order valence-corrected chi connectivity index (χ3v) is 7.94. The molecule has 176 valence electrons. The molecule has 0 aliphatic carbocycles. The first-order valence-corrected chi connectivity index (χ1v) is 12.9. The van der Waals surface area contributed by atoms with Gasteiger partial charge >= 0.3 is 0 Å². The monoisotopic (exact) mass is 484 g/mol. The first-order valence-electron chi connectivity index (χ1n) is 12.9. The van der Waals surface area contributed by atoms with Crippen LogP contribution in [0.3, 0.4) is 0 Å². The van der Waals surface area contributed by atoms with Crippen LogP contribution in [0.4, 0.5) is 0 Å². The molecule has 0 radical (unpaired) electrons. The summed E-state index contributed by atoms with van der Waals surface area (Å²) in [5.41, 5.74) is 6.89. The minimum atomic E-state index is 0.810. The highest BCUT2D eigenvalue weighted by molar-refractivity contribution is 6.32. The first kappa shape index (κ1) is 20.0. The fourth-order valence-electron chi connectivity index (χ4n) is 6.40. The summed E-state index contributed by atoms with van der Waals surface area (Å²) in [6.07, 6.45) is 0. The lowest BCUT2D eigenvalue weighted by Crippen LogP contribution is -1.98. The third-order valence-electron chi connectivity index (χ3n) is 7.94. The number of nitrogens with zero attached hydrogens (tertiary/aromatic N) is 2. The van der Waals surface area contributed by atoms with Gasteiger partial charge in [-0.25, -0.2) is 4.98 Å². The number of aromatic nitrogens is 2. The molecule has 9 rings (SSSR count). The molecule has 0 N–H and O–H groups in total. The van der Waals surface area contributed by atoms with Crippen molar-refractivity contribution in [2.24, 2.45) is 0 Å². The van der Waals surface area contributed by atoms with Crippen molar-refractivity contribution >= 4 is 76.3 Å². The van der Waals surface area contributed by atoms with Crippen molar-refractivity contribution in [3.63, 3.8) is 0 Å². The van der Waals surface area contributed by atoms with E-state index in [0.29, 0.717) is 0 Å². The number of fused-ring (bicyclic) bond motifs is 12. The molecule has 9 aromatic rings. The zero-order valence-corrected chi connectivity index (χ0v) is 20.3. The number of hydrogen-bond acceptors (Lipinski definition) is 2. The summed E-state index contributed by atoms with van der Waals surface area (Å²) in [7, 11) is 0. The maximum absolute atomic E-state index is 6.63. The Balaban J connectivity index is 1.64. The molecule has 3 aromatic heterocycles. The van der Waals surface area contributed by atoms with Gasteiger partial charge in [0.1, 0.15) is 16.8 Å². The summed E-state index contributed by atoms with van der Waals surface area (Å²) in [6, 6.07) is 42.9. The highest BCUT2D eigenvalue weighted by atomic mass is 16.3. The topological polar surface area (TPSA) is 31.0 Å². The van der Waals surface area contributed by atoms with E-state index >= 15 is 0 Å². The van der Waals surface area contributed by atoms with Crippen molar-refractivity contribution in [3.8, 4) is 5.69 Å². The molecule has 0 aliphatic rings. The molecule has 0 saturated carbocycles. The maximum atomic E-state index is 6.63. The Kier molecular flexibility index (Phi) is 3.79. The third kappa shape index (κ3) is 2.45. The van der Waals surface area contributed by atoms with Crippen LogP contribution in [0.15, 0.2) is 126 Å². The van der Waals surface area contributed by atoms with Gasteiger partial charge in [0.15, 0.2) is 5.58 Å². The van der Waals surface area contributed by atoms with Crippen molar-refractivity contribution in [1.82, 2.24) is 9.55 Å². The van der Waals surface area contributed by atoms with Gasteiger partial charge in [-0.05, 0) is 40.4 Å². The quantitative estimate of drug-likeness (QED) is 0.217. The highest BCUT2D eigenvalue weighted by Gasteiger charge is 2.24. The van der Waals surface area contributed by atoms with Crippen LogP contribution in [0, 0.1) is 0 Å². The largest absolute Gasteiger partial charge is 0.452 e.